The Hall–Kier alpha value is -0.0800. The van der Waals surface area contributed by atoms with Gasteiger partial charge in [0.25, 0.3) is 0 Å². The molecule has 2 fully saturated rings. The van der Waals surface area contributed by atoms with Crippen LogP contribution < -0.4 is 5.32 Å². The monoisotopic (exact) mass is 183 g/mol. The van der Waals surface area contributed by atoms with Gasteiger partial charge in [0, 0.05) is 13.7 Å². The number of ether oxygens (including phenoxy) is 1. The number of nitrogens with one attached hydrogen (secondary N) is 1. The summed E-state index contributed by atoms with van der Waals surface area (Å²) < 4.78 is 5.40. The molecule has 1 aliphatic heterocycles. The summed E-state index contributed by atoms with van der Waals surface area (Å²) in [6.45, 7) is 2.49. The van der Waals surface area contributed by atoms with Crippen LogP contribution in [0.5, 0.6) is 0 Å². The van der Waals surface area contributed by atoms with Crippen molar-refractivity contribution in [2.24, 2.45) is 5.41 Å². The van der Waals surface area contributed by atoms with E-state index in [1.807, 2.05) is 7.11 Å². The van der Waals surface area contributed by atoms with E-state index < -0.39 is 0 Å². The third-order valence-electron chi connectivity index (χ3n) is 3.89. The lowest BCUT2D eigenvalue weighted by Crippen LogP contribution is -2.43. The summed E-state index contributed by atoms with van der Waals surface area (Å²) in [4.78, 5) is 0. The first-order valence-corrected chi connectivity index (χ1v) is 5.58. The summed E-state index contributed by atoms with van der Waals surface area (Å²) in [6.07, 6.45) is 8.66. The third-order valence-corrected chi connectivity index (χ3v) is 3.89. The van der Waals surface area contributed by atoms with Crippen molar-refractivity contribution < 1.29 is 4.74 Å². The molecule has 0 unspecified atom stereocenters. The zero-order valence-electron chi connectivity index (χ0n) is 8.64. The van der Waals surface area contributed by atoms with E-state index in [0.717, 1.165) is 0 Å². The van der Waals surface area contributed by atoms with Crippen molar-refractivity contribution in [2.75, 3.05) is 20.2 Å². The van der Waals surface area contributed by atoms with Gasteiger partial charge in [-0.15, -0.1) is 0 Å². The van der Waals surface area contributed by atoms with Crippen LogP contribution in [-0.2, 0) is 4.74 Å². The highest BCUT2D eigenvalue weighted by Crippen LogP contribution is 2.41. The molecular formula is C11H21NO. The van der Waals surface area contributed by atoms with Gasteiger partial charge in [-0.1, -0.05) is 0 Å². The predicted molar refractivity (Wildman–Crippen MR) is 53.8 cm³/mol. The van der Waals surface area contributed by atoms with Crippen molar-refractivity contribution in [3.05, 3.63) is 0 Å². The minimum Gasteiger partial charge on any atom is -0.381 e. The van der Waals surface area contributed by atoms with Gasteiger partial charge in [0.15, 0.2) is 0 Å². The largest absolute Gasteiger partial charge is 0.381 e. The predicted octanol–water partition coefficient (Wildman–Crippen LogP) is 1.95. The second-order valence-electron chi connectivity index (χ2n) is 4.72. The van der Waals surface area contributed by atoms with Crippen LogP contribution in [0, 0.1) is 5.41 Å². The van der Waals surface area contributed by atoms with Gasteiger partial charge in [-0.05, 0) is 50.5 Å². The van der Waals surface area contributed by atoms with Crippen LogP contribution in [-0.4, -0.2) is 26.3 Å². The van der Waals surface area contributed by atoms with Crippen molar-refractivity contribution >= 4 is 0 Å². The molecule has 2 nitrogen and oxygen atoms in total. The Morgan fingerprint density at radius 2 is 2.00 bits per heavy atom. The topological polar surface area (TPSA) is 21.3 Å². The molecule has 1 saturated heterocycles. The first-order chi connectivity index (χ1) is 6.35. The van der Waals surface area contributed by atoms with Crippen molar-refractivity contribution in [1.82, 2.24) is 5.32 Å². The van der Waals surface area contributed by atoms with E-state index in [0.29, 0.717) is 11.5 Å². The molecule has 1 spiro atoms. The maximum absolute atomic E-state index is 5.40. The summed E-state index contributed by atoms with van der Waals surface area (Å²) >= 11 is 0. The van der Waals surface area contributed by atoms with E-state index in [9.17, 15) is 0 Å². The Morgan fingerprint density at radius 3 is 2.54 bits per heavy atom. The molecule has 1 heterocycles. The fourth-order valence-corrected chi connectivity index (χ4v) is 2.90. The summed E-state index contributed by atoms with van der Waals surface area (Å²) in [5, 5.41) is 3.54. The maximum Gasteiger partial charge on any atom is 0.0571 e. The molecule has 0 bridgehead atoms. The van der Waals surface area contributed by atoms with Crippen LogP contribution in [0.4, 0.5) is 0 Å². The van der Waals surface area contributed by atoms with Gasteiger partial charge < -0.3 is 10.1 Å². The smallest absolute Gasteiger partial charge is 0.0571 e. The Morgan fingerprint density at radius 1 is 1.23 bits per heavy atom. The fourth-order valence-electron chi connectivity index (χ4n) is 2.90. The van der Waals surface area contributed by atoms with Gasteiger partial charge in [-0.25, -0.2) is 0 Å². The van der Waals surface area contributed by atoms with E-state index in [1.54, 1.807) is 0 Å². The van der Waals surface area contributed by atoms with E-state index >= 15 is 0 Å². The zero-order chi connectivity index (χ0) is 9.15. The molecule has 13 heavy (non-hydrogen) atoms. The second-order valence-corrected chi connectivity index (χ2v) is 4.72. The first-order valence-electron chi connectivity index (χ1n) is 5.58. The Bertz CT molecular complexity index is 153. The highest BCUT2D eigenvalue weighted by Gasteiger charge is 2.35. The highest BCUT2D eigenvalue weighted by atomic mass is 16.5. The molecule has 0 aromatic rings. The zero-order valence-corrected chi connectivity index (χ0v) is 8.64. The quantitative estimate of drug-likeness (QED) is 0.671. The van der Waals surface area contributed by atoms with Gasteiger partial charge in [-0.2, -0.15) is 0 Å². The molecule has 2 aliphatic rings. The van der Waals surface area contributed by atoms with Crippen LogP contribution in [0.25, 0.3) is 0 Å². The molecule has 1 N–H and O–H groups in total. The fraction of sp³-hybridized carbons (Fsp3) is 1.00. The molecule has 1 saturated carbocycles. The standard InChI is InChI=1S/C11H21NO/c1-13-10-3-6-11(7-4-10)5-2-8-12-9-11/h10,12H,2-9H2,1H3. The third kappa shape index (κ3) is 2.05. The molecule has 1 aliphatic carbocycles. The highest BCUT2D eigenvalue weighted by molar-refractivity contribution is 4.90. The molecule has 0 aromatic carbocycles. The lowest BCUT2D eigenvalue weighted by molar-refractivity contribution is 0.0172. The molecule has 0 aromatic heterocycles. The van der Waals surface area contributed by atoms with E-state index in [1.165, 1.54) is 51.6 Å². The number of methoxy groups -OCH3 is 1. The van der Waals surface area contributed by atoms with Crippen LogP contribution in [0.1, 0.15) is 38.5 Å². The Labute approximate surface area is 81.0 Å². The summed E-state index contributed by atoms with van der Waals surface area (Å²) in [5.74, 6) is 0. The van der Waals surface area contributed by atoms with Crippen LogP contribution in [0.15, 0.2) is 0 Å². The molecule has 0 atom stereocenters. The minimum atomic E-state index is 0.549. The van der Waals surface area contributed by atoms with Gasteiger partial charge in [0.05, 0.1) is 6.10 Å². The number of piperidine rings is 1. The van der Waals surface area contributed by atoms with Gasteiger partial charge in [-0.3, -0.25) is 0 Å². The van der Waals surface area contributed by atoms with E-state index in [-0.39, 0.29) is 0 Å². The first kappa shape index (κ1) is 9.47. The summed E-state index contributed by atoms with van der Waals surface area (Å²) in [7, 11) is 1.85. The lowest BCUT2D eigenvalue weighted by Gasteiger charge is -2.42. The Kier molecular flexibility index (Phi) is 2.89. The number of hydrogen-bond donors (Lipinski definition) is 1. The maximum atomic E-state index is 5.40. The van der Waals surface area contributed by atoms with E-state index in [4.69, 9.17) is 4.74 Å². The second kappa shape index (κ2) is 3.97. The number of hydrogen-bond acceptors (Lipinski definition) is 2. The summed E-state index contributed by atoms with van der Waals surface area (Å²) in [6, 6.07) is 0. The van der Waals surface area contributed by atoms with E-state index in [2.05, 4.69) is 5.32 Å². The average Bonchev–Trinajstić information content (AvgIpc) is 2.20. The minimum absolute atomic E-state index is 0.549. The van der Waals surface area contributed by atoms with Gasteiger partial charge in [0.1, 0.15) is 0 Å². The number of rotatable bonds is 1. The normalized spacial score (nSPS) is 40.8. The summed E-state index contributed by atoms with van der Waals surface area (Å²) in [5.41, 5.74) is 0.646. The van der Waals surface area contributed by atoms with Crippen molar-refractivity contribution in [3.63, 3.8) is 0 Å². The van der Waals surface area contributed by atoms with Crippen LogP contribution >= 0.6 is 0 Å². The molecule has 2 heteroatoms. The molecule has 76 valence electrons. The lowest BCUT2D eigenvalue weighted by atomic mass is 9.69. The van der Waals surface area contributed by atoms with Crippen LogP contribution in [0.3, 0.4) is 0 Å². The molecular weight excluding hydrogens is 162 g/mol. The van der Waals surface area contributed by atoms with Crippen LogP contribution in [0.2, 0.25) is 0 Å². The van der Waals surface area contributed by atoms with Crippen molar-refractivity contribution in [1.29, 1.82) is 0 Å². The Balaban J connectivity index is 1.87. The van der Waals surface area contributed by atoms with Crippen molar-refractivity contribution in [3.8, 4) is 0 Å². The SMILES string of the molecule is COC1CCC2(CCCNC2)CC1. The van der Waals surface area contributed by atoms with Crippen molar-refractivity contribution in [2.45, 2.75) is 44.6 Å². The van der Waals surface area contributed by atoms with Gasteiger partial charge in [0.2, 0.25) is 0 Å². The molecule has 0 radical (unpaired) electrons. The average molecular weight is 183 g/mol. The van der Waals surface area contributed by atoms with Gasteiger partial charge >= 0.3 is 0 Å². The molecule has 0 amide bonds. The molecule has 2 rings (SSSR count).